The maximum absolute atomic E-state index is 12.9. The van der Waals surface area contributed by atoms with Crippen molar-refractivity contribution < 1.29 is 28.6 Å². The van der Waals surface area contributed by atoms with Gasteiger partial charge in [0.2, 0.25) is 0 Å². The molecule has 0 heterocycles. The van der Waals surface area contributed by atoms with Crippen molar-refractivity contribution in [3.63, 3.8) is 0 Å². The van der Waals surface area contributed by atoms with Crippen LogP contribution in [0.4, 0.5) is 0 Å². The average molecular weight is 1040 g/mol. The molecule has 0 aliphatic rings. The van der Waals surface area contributed by atoms with Crippen LogP contribution in [0.3, 0.4) is 0 Å². The summed E-state index contributed by atoms with van der Waals surface area (Å²) in [7, 11) is 0. The zero-order valence-electron chi connectivity index (χ0n) is 48.8. The smallest absolute Gasteiger partial charge is 0.306 e. The van der Waals surface area contributed by atoms with E-state index >= 15 is 0 Å². The Bertz CT molecular complexity index is 1570. The summed E-state index contributed by atoms with van der Waals surface area (Å²) >= 11 is 0. The molecule has 0 aliphatic heterocycles. The van der Waals surface area contributed by atoms with Gasteiger partial charge in [-0.25, -0.2) is 0 Å². The van der Waals surface area contributed by atoms with Crippen LogP contribution >= 0.6 is 0 Å². The first-order valence-electron chi connectivity index (χ1n) is 31.0. The monoisotopic (exact) mass is 1040 g/mol. The molecule has 0 aromatic heterocycles. The molecular weight excluding hydrogens is 925 g/mol. The summed E-state index contributed by atoms with van der Waals surface area (Å²) in [6.45, 7) is 6.43. The molecule has 0 aromatic carbocycles. The van der Waals surface area contributed by atoms with Crippen LogP contribution in [0.5, 0.6) is 0 Å². The molecule has 0 amide bonds. The van der Waals surface area contributed by atoms with E-state index in [1.54, 1.807) is 0 Å². The maximum atomic E-state index is 12.9. The molecule has 0 aliphatic carbocycles. The van der Waals surface area contributed by atoms with Gasteiger partial charge in [0.25, 0.3) is 0 Å². The van der Waals surface area contributed by atoms with E-state index in [2.05, 4.69) is 136 Å². The van der Waals surface area contributed by atoms with Crippen LogP contribution in [0, 0.1) is 0 Å². The lowest BCUT2D eigenvalue weighted by atomic mass is 10.1. The third-order valence-corrected chi connectivity index (χ3v) is 12.9. The lowest BCUT2D eigenvalue weighted by Crippen LogP contribution is -2.30. The van der Waals surface area contributed by atoms with Gasteiger partial charge in [-0.15, -0.1) is 0 Å². The molecule has 0 bridgehead atoms. The largest absolute Gasteiger partial charge is 0.462 e. The number of allylic oxidation sites excluding steroid dienone is 20. The van der Waals surface area contributed by atoms with Crippen molar-refractivity contribution in [1.82, 2.24) is 0 Å². The van der Waals surface area contributed by atoms with E-state index in [1.165, 1.54) is 135 Å². The molecule has 6 heteroatoms. The van der Waals surface area contributed by atoms with Gasteiger partial charge in [0.15, 0.2) is 6.10 Å². The second-order valence-corrected chi connectivity index (χ2v) is 20.2. The molecule has 0 saturated heterocycles. The Morgan fingerprint density at radius 3 is 0.893 bits per heavy atom. The zero-order chi connectivity index (χ0) is 54.3. The van der Waals surface area contributed by atoms with Crippen LogP contribution in [-0.2, 0) is 28.6 Å². The Labute approximate surface area is 462 Å². The molecule has 426 valence electrons. The van der Waals surface area contributed by atoms with Gasteiger partial charge in [-0.1, -0.05) is 258 Å². The SMILES string of the molecule is CC/C=C\C/C=C\C/C=C\C/C=C\C/C=C\C/C=C\CCC(=O)OC(COC(=O)CCCCCCCCC/C=C\C/C=C\CCCCC)COC(=O)CCCCCCCCCCC/C=C\C/C=C\CCCCCCC. The summed E-state index contributed by atoms with van der Waals surface area (Å²) in [6, 6.07) is 0. The molecule has 0 N–H and O–H groups in total. The lowest BCUT2D eigenvalue weighted by molar-refractivity contribution is -0.166. The molecule has 0 spiro atoms. The van der Waals surface area contributed by atoms with Crippen molar-refractivity contribution in [3.05, 3.63) is 122 Å². The Kier molecular flexibility index (Phi) is 58.9. The Morgan fingerprint density at radius 1 is 0.280 bits per heavy atom. The third kappa shape index (κ3) is 60.6. The number of carbonyl (C=O) groups excluding carboxylic acids is 3. The summed E-state index contributed by atoms with van der Waals surface area (Å²) in [5.74, 6) is -1.01. The summed E-state index contributed by atoms with van der Waals surface area (Å²) in [6.07, 6.45) is 86.3. The van der Waals surface area contributed by atoms with E-state index in [4.69, 9.17) is 14.2 Å². The number of ether oxygens (including phenoxy) is 3. The second kappa shape index (κ2) is 62.4. The highest BCUT2D eigenvalue weighted by molar-refractivity contribution is 5.71. The van der Waals surface area contributed by atoms with Gasteiger partial charge in [-0.2, -0.15) is 0 Å². The van der Waals surface area contributed by atoms with Gasteiger partial charge in [0, 0.05) is 19.3 Å². The summed E-state index contributed by atoms with van der Waals surface area (Å²) in [4.78, 5) is 38.3. The minimum absolute atomic E-state index is 0.115. The van der Waals surface area contributed by atoms with E-state index in [0.717, 1.165) is 96.3 Å². The highest BCUT2D eigenvalue weighted by Gasteiger charge is 2.19. The maximum Gasteiger partial charge on any atom is 0.306 e. The van der Waals surface area contributed by atoms with Gasteiger partial charge in [-0.05, 0) is 122 Å². The highest BCUT2D eigenvalue weighted by Crippen LogP contribution is 2.14. The van der Waals surface area contributed by atoms with Gasteiger partial charge in [0.05, 0.1) is 0 Å². The van der Waals surface area contributed by atoms with E-state index in [-0.39, 0.29) is 31.6 Å². The normalized spacial score (nSPS) is 12.9. The Hall–Kier alpha value is -4.19. The molecule has 6 nitrogen and oxygen atoms in total. The molecule has 0 radical (unpaired) electrons. The molecule has 75 heavy (non-hydrogen) atoms. The van der Waals surface area contributed by atoms with Crippen LogP contribution in [0.2, 0.25) is 0 Å². The van der Waals surface area contributed by atoms with Gasteiger partial charge >= 0.3 is 17.9 Å². The number of hydrogen-bond donors (Lipinski definition) is 0. The quantitative estimate of drug-likeness (QED) is 0.0261. The summed E-state index contributed by atoms with van der Waals surface area (Å²) in [5, 5.41) is 0. The first kappa shape index (κ1) is 70.8. The molecule has 0 fully saturated rings. The predicted molar refractivity (Wildman–Crippen MR) is 325 cm³/mol. The van der Waals surface area contributed by atoms with Gasteiger partial charge < -0.3 is 14.2 Å². The van der Waals surface area contributed by atoms with Crippen LogP contribution in [0.1, 0.15) is 278 Å². The first-order valence-corrected chi connectivity index (χ1v) is 31.0. The highest BCUT2D eigenvalue weighted by atomic mass is 16.6. The summed E-state index contributed by atoms with van der Waals surface area (Å²) in [5.41, 5.74) is 0. The van der Waals surface area contributed by atoms with Crippen LogP contribution in [0.25, 0.3) is 0 Å². The number of carbonyl (C=O) groups is 3. The molecule has 1 atom stereocenters. The topological polar surface area (TPSA) is 78.9 Å². The fraction of sp³-hybridized carbons (Fsp3) is 0.667. The Balaban J connectivity index is 4.51. The molecular formula is C69H114O6. The fourth-order valence-corrected chi connectivity index (χ4v) is 8.29. The molecule has 0 saturated carbocycles. The zero-order valence-corrected chi connectivity index (χ0v) is 48.8. The van der Waals surface area contributed by atoms with E-state index in [0.29, 0.717) is 19.3 Å². The number of hydrogen-bond acceptors (Lipinski definition) is 6. The van der Waals surface area contributed by atoms with E-state index in [9.17, 15) is 14.4 Å². The third-order valence-electron chi connectivity index (χ3n) is 12.9. The lowest BCUT2D eigenvalue weighted by Gasteiger charge is -2.18. The molecule has 0 rings (SSSR count). The van der Waals surface area contributed by atoms with E-state index < -0.39 is 12.1 Å². The molecule has 0 aromatic rings. The standard InChI is InChI=1S/C69H114O6/c1-4-7-10-13-16-19-22-25-28-31-33-34-36-38-41-44-47-50-53-56-59-62-68(71)74-65-66(64-73-67(70)61-58-55-52-49-46-43-40-37-30-27-24-21-18-15-12-9-6-3)75-69(72)63-60-57-54-51-48-45-42-39-35-32-29-26-23-20-17-14-11-8-5-2/h8,11,17-18,20-22,25-27,29-31,33,35,39,45,48,54,57,66H,4-7,9-10,12-16,19,23-24,28,32,34,36-38,40-44,46-47,49-53,55-56,58-65H2,1-3H3/b11-8-,20-17-,21-18-,25-22-,29-26-,30-27-,33-31-,39-35-,48-45-,57-54-. The summed E-state index contributed by atoms with van der Waals surface area (Å²) < 4.78 is 16.8. The van der Waals surface area contributed by atoms with Crippen LogP contribution < -0.4 is 0 Å². The van der Waals surface area contributed by atoms with Crippen molar-refractivity contribution in [1.29, 1.82) is 0 Å². The average Bonchev–Trinajstić information content (AvgIpc) is 3.41. The number of unbranched alkanes of at least 4 members (excludes halogenated alkanes) is 24. The van der Waals surface area contributed by atoms with Crippen molar-refractivity contribution in [2.75, 3.05) is 13.2 Å². The van der Waals surface area contributed by atoms with Crippen LogP contribution in [0.15, 0.2) is 122 Å². The fourth-order valence-electron chi connectivity index (χ4n) is 8.29. The minimum atomic E-state index is -0.828. The predicted octanol–water partition coefficient (Wildman–Crippen LogP) is 21.2. The Morgan fingerprint density at radius 2 is 0.547 bits per heavy atom. The number of rotatable bonds is 55. The first-order chi connectivity index (χ1) is 37.0. The molecule has 1 unspecified atom stereocenters. The van der Waals surface area contributed by atoms with Crippen molar-refractivity contribution >= 4 is 17.9 Å². The van der Waals surface area contributed by atoms with E-state index in [1.807, 2.05) is 6.08 Å². The van der Waals surface area contributed by atoms with Crippen molar-refractivity contribution in [2.45, 2.75) is 284 Å². The number of esters is 3. The van der Waals surface area contributed by atoms with Crippen molar-refractivity contribution in [3.8, 4) is 0 Å². The van der Waals surface area contributed by atoms with Crippen molar-refractivity contribution in [2.24, 2.45) is 0 Å². The van der Waals surface area contributed by atoms with Gasteiger partial charge in [-0.3, -0.25) is 14.4 Å². The van der Waals surface area contributed by atoms with Crippen LogP contribution in [-0.4, -0.2) is 37.2 Å². The second-order valence-electron chi connectivity index (χ2n) is 20.2. The van der Waals surface area contributed by atoms with Gasteiger partial charge in [0.1, 0.15) is 13.2 Å². The minimum Gasteiger partial charge on any atom is -0.462 e.